The highest BCUT2D eigenvalue weighted by Gasteiger charge is 2.30. The molecule has 0 saturated carbocycles. The molecule has 1 N–H and O–H groups in total. The van der Waals surface area contributed by atoms with Crippen LogP contribution in [-0.4, -0.2) is 50.3 Å². The number of halogens is 1. The van der Waals surface area contributed by atoms with E-state index in [1.165, 1.54) is 17.5 Å². The molecule has 27 heavy (non-hydrogen) atoms. The van der Waals surface area contributed by atoms with Crippen molar-refractivity contribution >= 4 is 29.9 Å². The Kier molecular flexibility index (Phi) is 11.3. The fourth-order valence-electron chi connectivity index (χ4n) is 3.16. The highest BCUT2D eigenvalue weighted by atomic mass is 127. The number of nitrogens with zero attached hydrogens (tertiary/aromatic N) is 2. The number of aliphatic imine (C=N–C) groups is 1. The molecule has 154 valence electrons. The van der Waals surface area contributed by atoms with Crippen molar-refractivity contribution in [1.29, 1.82) is 0 Å². The van der Waals surface area contributed by atoms with Crippen molar-refractivity contribution < 1.29 is 9.47 Å². The Morgan fingerprint density at radius 3 is 2.59 bits per heavy atom. The van der Waals surface area contributed by atoms with Gasteiger partial charge in [-0.15, -0.1) is 24.0 Å². The maximum atomic E-state index is 5.66. The second-order valence-corrected chi connectivity index (χ2v) is 7.58. The molecule has 1 fully saturated rings. The van der Waals surface area contributed by atoms with Gasteiger partial charge in [0.25, 0.3) is 0 Å². The molecule has 0 amide bonds. The summed E-state index contributed by atoms with van der Waals surface area (Å²) < 4.78 is 11.0. The lowest BCUT2D eigenvalue weighted by Gasteiger charge is -2.23. The van der Waals surface area contributed by atoms with E-state index in [1.54, 1.807) is 0 Å². The Balaban J connectivity index is 0.00000364. The summed E-state index contributed by atoms with van der Waals surface area (Å²) in [7, 11) is 0. The molecule has 1 aromatic carbocycles. The van der Waals surface area contributed by atoms with Gasteiger partial charge >= 0.3 is 0 Å². The van der Waals surface area contributed by atoms with Crippen LogP contribution in [0.15, 0.2) is 29.3 Å². The van der Waals surface area contributed by atoms with Crippen molar-refractivity contribution in [3.05, 3.63) is 35.4 Å². The van der Waals surface area contributed by atoms with Crippen LogP contribution in [-0.2, 0) is 22.6 Å². The van der Waals surface area contributed by atoms with Gasteiger partial charge in [-0.05, 0) is 36.8 Å². The Hall–Kier alpha value is -0.860. The van der Waals surface area contributed by atoms with Crippen LogP contribution in [0.4, 0.5) is 0 Å². The predicted octanol–water partition coefficient (Wildman–Crippen LogP) is 4.06. The monoisotopic (exact) mass is 489 g/mol. The van der Waals surface area contributed by atoms with Crippen LogP contribution in [0, 0.1) is 5.41 Å². The lowest BCUT2D eigenvalue weighted by Crippen LogP contribution is -2.40. The molecule has 0 bridgehead atoms. The average molecular weight is 489 g/mol. The molecular weight excluding hydrogens is 453 g/mol. The topological polar surface area (TPSA) is 46.1 Å². The fourth-order valence-corrected chi connectivity index (χ4v) is 3.16. The Morgan fingerprint density at radius 1 is 1.19 bits per heavy atom. The molecule has 6 heteroatoms. The zero-order valence-corrected chi connectivity index (χ0v) is 19.6. The van der Waals surface area contributed by atoms with Gasteiger partial charge in [-0.1, -0.05) is 38.1 Å². The summed E-state index contributed by atoms with van der Waals surface area (Å²) >= 11 is 0. The highest BCUT2D eigenvalue weighted by Crippen LogP contribution is 2.28. The van der Waals surface area contributed by atoms with Crippen LogP contribution >= 0.6 is 24.0 Å². The molecule has 0 aromatic heterocycles. The van der Waals surface area contributed by atoms with Gasteiger partial charge in [-0.25, -0.2) is 4.99 Å². The SMILES string of the molecule is CCNC(=NCc1cccc(COCCOCC)c1)N1CCC(C)(C)C1.I. The molecule has 0 spiro atoms. The van der Waals surface area contributed by atoms with Crippen molar-refractivity contribution in [1.82, 2.24) is 10.2 Å². The van der Waals surface area contributed by atoms with Gasteiger partial charge in [0.15, 0.2) is 5.96 Å². The average Bonchev–Trinajstić information content (AvgIpc) is 2.98. The van der Waals surface area contributed by atoms with Gasteiger partial charge < -0.3 is 19.7 Å². The van der Waals surface area contributed by atoms with Crippen molar-refractivity contribution in [3.8, 4) is 0 Å². The summed E-state index contributed by atoms with van der Waals surface area (Å²) in [5.41, 5.74) is 2.76. The van der Waals surface area contributed by atoms with E-state index in [0.29, 0.717) is 31.8 Å². The van der Waals surface area contributed by atoms with E-state index in [4.69, 9.17) is 14.5 Å². The van der Waals surface area contributed by atoms with Crippen molar-refractivity contribution in [2.24, 2.45) is 10.4 Å². The molecule has 1 aliphatic rings. The minimum Gasteiger partial charge on any atom is -0.379 e. The number of benzene rings is 1. The van der Waals surface area contributed by atoms with Crippen molar-refractivity contribution in [2.75, 3.05) is 39.5 Å². The summed E-state index contributed by atoms with van der Waals surface area (Å²) in [5, 5.41) is 3.44. The van der Waals surface area contributed by atoms with E-state index in [-0.39, 0.29) is 24.0 Å². The quantitative estimate of drug-likeness (QED) is 0.246. The van der Waals surface area contributed by atoms with Crippen LogP contribution in [0.3, 0.4) is 0 Å². The molecule has 2 rings (SSSR count). The van der Waals surface area contributed by atoms with Crippen molar-refractivity contribution in [3.63, 3.8) is 0 Å². The number of hydrogen-bond donors (Lipinski definition) is 1. The first-order valence-corrected chi connectivity index (χ1v) is 9.80. The first-order valence-electron chi connectivity index (χ1n) is 9.80. The number of guanidine groups is 1. The van der Waals surface area contributed by atoms with Crippen LogP contribution in [0.25, 0.3) is 0 Å². The third kappa shape index (κ3) is 8.79. The van der Waals surface area contributed by atoms with Crippen LogP contribution in [0.1, 0.15) is 45.2 Å². The Bertz CT molecular complexity index is 578. The van der Waals surface area contributed by atoms with E-state index in [9.17, 15) is 0 Å². The summed E-state index contributed by atoms with van der Waals surface area (Å²) in [6, 6.07) is 8.49. The van der Waals surface area contributed by atoms with E-state index in [2.05, 4.69) is 55.3 Å². The molecule has 0 aliphatic carbocycles. The van der Waals surface area contributed by atoms with Crippen molar-refractivity contribution in [2.45, 2.75) is 47.3 Å². The molecule has 0 atom stereocenters. The Labute approximate surface area is 181 Å². The molecule has 1 heterocycles. The molecule has 5 nitrogen and oxygen atoms in total. The van der Waals surface area contributed by atoms with E-state index in [1.807, 2.05) is 6.92 Å². The molecule has 1 aromatic rings. The second-order valence-electron chi connectivity index (χ2n) is 7.58. The predicted molar refractivity (Wildman–Crippen MR) is 123 cm³/mol. The first-order chi connectivity index (χ1) is 12.5. The van der Waals surface area contributed by atoms with E-state index in [0.717, 1.165) is 32.2 Å². The van der Waals surface area contributed by atoms with E-state index < -0.39 is 0 Å². The summed E-state index contributed by atoms with van der Waals surface area (Å²) in [6.07, 6.45) is 1.21. The third-order valence-electron chi connectivity index (χ3n) is 4.56. The van der Waals surface area contributed by atoms with Gasteiger partial charge in [0.05, 0.1) is 26.4 Å². The summed E-state index contributed by atoms with van der Waals surface area (Å²) in [6.45, 7) is 15.1. The number of rotatable bonds is 9. The first kappa shape index (κ1) is 24.2. The third-order valence-corrected chi connectivity index (χ3v) is 4.56. The van der Waals surface area contributed by atoms with Gasteiger partial charge in [-0.2, -0.15) is 0 Å². The van der Waals surface area contributed by atoms with Crippen LogP contribution in [0.2, 0.25) is 0 Å². The Morgan fingerprint density at radius 2 is 1.93 bits per heavy atom. The minimum atomic E-state index is 0. The van der Waals surface area contributed by atoms with Crippen LogP contribution in [0.5, 0.6) is 0 Å². The number of likely N-dealkylation sites (tertiary alicyclic amines) is 1. The lowest BCUT2D eigenvalue weighted by atomic mass is 9.93. The molecule has 1 saturated heterocycles. The lowest BCUT2D eigenvalue weighted by molar-refractivity contribution is 0.0453. The normalized spacial score (nSPS) is 16.3. The van der Waals surface area contributed by atoms with Crippen LogP contribution < -0.4 is 5.32 Å². The summed E-state index contributed by atoms with van der Waals surface area (Å²) in [4.78, 5) is 7.24. The maximum Gasteiger partial charge on any atom is 0.194 e. The van der Waals surface area contributed by atoms with E-state index >= 15 is 0 Å². The zero-order chi connectivity index (χ0) is 18.8. The smallest absolute Gasteiger partial charge is 0.194 e. The summed E-state index contributed by atoms with van der Waals surface area (Å²) in [5.74, 6) is 1.02. The molecule has 1 aliphatic heterocycles. The van der Waals surface area contributed by atoms with Gasteiger partial charge in [0.2, 0.25) is 0 Å². The van der Waals surface area contributed by atoms with Gasteiger partial charge in [-0.3, -0.25) is 0 Å². The van der Waals surface area contributed by atoms with Gasteiger partial charge in [0, 0.05) is 26.2 Å². The molecule has 0 radical (unpaired) electrons. The number of nitrogens with one attached hydrogen (secondary N) is 1. The zero-order valence-electron chi connectivity index (χ0n) is 17.3. The highest BCUT2D eigenvalue weighted by molar-refractivity contribution is 14.0. The number of hydrogen-bond acceptors (Lipinski definition) is 3. The molecular formula is C21H36IN3O2. The number of ether oxygens (including phenoxy) is 2. The second kappa shape index (κ2) is 12.6. The standard InChI is InChI=1S/C21H35N3O2.HI/c1-5-22-20(24-11-10-21(3,4)17-24)23-15-18-8-7-9-19(14-18)16-26-13-12-25-6-2;/h7-9,14H,5-6,10-13,15-17H2,1-4H3,(H,22,23);1H. The fraction of sp³-hybridized carbons (Fsp3) is 0.667. The molecule has 0 unspecified atom stereocenters. The van der Waals surface area contributed by atoms with Gasteiger partial charge in [0.1, 0.15) is 0 Å². The largest absolute Gasteiger partial charge is 0.379 e. The minimum absolute atomic E-state index is 0. The maximum absolute atomic E-state index is 5.66.